The molecule has 0 radical (unpaired) electrons. The van der Waals surface area contributed by atoms with Crippen molar-refractivity contribution in [2.75, 3.05) is 24.3 Å². The minimum Gasteiger partial charge on any atom is -0.397 e. The number of hydrogen-bond acceptors (Lipinski definition) is 4. The molecule has 3 N–H and O–H groups in total. The third-order valence-electron chi connectivity index (χ3n) is 3.08. The van der Waals surface area contributed by atoms with Crippen molar-refractivity contribution in [3.05, 3.63) is 30.5 Å². The van der Waals surface area contributed by atoms with Crippen molar-refractivity contribution in [3.63, 3.8) is 0 Å². The van der Waals surface area contributed by atoms with E-state index in [-0.39, 0.29) is 12.6 Å². The molecule has 1 atom stereocenters. The van der Waals surface area contributed by atoms with Gasteiger partial charge in [0.15, 0.2) is 0 Å². The molecule has 0 amide bonds. The summed E-state index contributed by atoms with van der Waals surface area (Å²) in [5, 5.41) is 10.2. The van der Waals surface area contributed by atoms with Crippen LogP contribution in [-0.2, 0) is 0 Å². The van der Waals surface area contributed by atoms with Crippen LogP contribution >= 0.6 is 0 Å². The minimum absolute atomic E-state index is 0.0574. The fraction of sp³-hybridized carbons (Fsp3) is 0.308. The number of likely N-dealkylation sites (N-methyl/N-ethyl adjacent to an activating group) is 1. The van der Waals surface area contributed by atoms with E-state index in [1.54, 1.807) is 6.20 Å². The molecule has 2 aromatic rings. The van der Waals surface area contributed by atoms with E-state index in [1.165, 1.54) is 0 Å². The molecule has 0 aliphatic heterocycles. The molecule has 1 aromatic carbocycles. The first kappa shape index (κ1) is 11.7. The first-order chi connectivity index (χ1) is 8.15. The normalized spacial score (nSPS) is 12.6. The molecule has 0 spiro atoms. The van der Waals surface area contributed by atoms with Gasteiger partial charge in [0.2, 0.25) is 0 Å². The number of hydrogen-bond donors (Lipinski definition) is 2. The molecule has 4 nitrogen and oxygen atoms in total. The van der Waals surface area contributed by atoms with Gasteiger partial charge in [0.25, 0.3) is 0 Å². The van der Waals surface area contributed by atoms with E-state index in [0.717, 1.165) is 16.6 Å². The number of pyridine rings is 1. The molecule has 2 rings (SSSR count). The molecule has 0 saturated heterocycles. The van der Waals surface area contributed by atoms with Gasteiger partial charge in [0.1, 0.15) is 0 Å². The summed E-state index contributed by atoms with van der Waals surface area (Å²) in [6.07, 6.45) is 1.73. The Morgan fingerprint density at radius 3 is 2.88 bits per heavy atom. The highest BCUT2D eigenvalue weighted by Crippen LogP contribution is 2.29. The summed E-state index contributed by atoms with van der Waals surface area (Å²) in [6.45, 7) is 2.08. The Hall–Kier alpha value is -1.81. The summed E-state index contributed by atoms with van der Waals surface area (Å²) in [6, 6.07) is 7.76. The van der Waals surface area contributed by atoms with Gasteiger partial charge in [-0.15, -0.1) is 0 Å². The van der Waals surface area contributed by atoms with Gasteiger partial charge in [0.05, 0.1) is 17.8 Å². The Bertz CT molecular complexity index is 527. The lowest BCUT2D eigenvalue weighted by Crippen LogP contribution is -2.31. The van der Waals surface area contributed by atoms with Gasteiger partial charge in [-0.2, -0.15) is 0 Å². The molecule has 1 unspecified atom stereocenters. The predicted octanol–water partition coefficient (Wildman–Crippen LogP) is 1.63. The van der Waals surface area contributed by atoms with Gasteiger partial charge in [-0.05, 0) is 31.2 Å². The molecule has 0 aliphatic carbocycles. The van der Waals surface area contributed by atoms with Crippen LogP contribution in [0.2, 0.25) is 0 Å². The van der Waals surface area contributed by atoms with Crippen LogP contribution in [0.15, 0.2) is 30.5 Å². The van der Waals surface area contributed by atoms with Crippen LogP contribution < -0.4 is 10.6 Å². The molecular formula is C13H17N3O. The van der Waals surface area contributed by atoms with E-state index in [9.17, 15) is 5.11 Å². The van der Waals surface area contributed by atoms with Crippen molar-refractivity contribution in [1.82, 2.24) is 4.98 Å². The van der Waals surface area contributed by atoms with E-state index in [1.807, 2.05) is 43.1 Å². The highest BCUT2D eigenvalue weighted by molar-refractivity contribution is 5.98. The number of nitrogens with zero attached hydrogens (tertiary/aromatic N) is 2. The number of aliphatic hydroxyl groups is 1. The van der Waals surface area contributed by atoms with Crippen LogP contribution in [0.5, 0.6) is 0 Å². The maximum Gasteiger partial charge on any atom is 0.0951 e. The van der Waals surface area contributed by atoms with Crippen molar-refractivity contribution in [1.29, 1.82) is 0 Å². The minimum atomic E-state index is 0.0574. The third kappa shape index (κ3) is 2.03. The van der Waals surface area contributed by atoms with Crippen LogP contribution in [0.1, 0.15) is 6.92 Å². The molecule has 0 saturated carbocycles. The van der Waals surface area contributed by atoms with E-state index in [4.69, 9.17) is 5.73 Å². The van der Waals surface area contributed by atoms with Gasteiger partial charge in [0, 0.05) is 30.4 Å². The Morgan fingerprint density at radius 1 is 1.41 bits per heavy atom. The Labute approximate surface area is 101 Å². The van der Waals surface area contributed by atoms with Crippen LogP contribution in [0.4, 0.5) is 11.4 Å². The molecule has 90 valence electrons. The number of aromatic nitrogens is 1. The molecule has 1 aromatic heterocycles. The number of aliphatic hydroxyl groups excluding tert-OH is 1. The molecule has 17 heavy (non-hydrogen) atoms. The predicted molar refractivity (Wildman–Crippen MR) is 71.1 cm³/mol. The fourth-order valence-electron chi connectivity index (χ4n) is 1.85. The van der Waals surface area contributed by atoms with Gasteiger partial charge in [-0.3, -0.25) is 4.98 Å². The number of nitrogens with two attached hydrogens (primary N) is 1. The standard InChI is InChI=1S/C13H17N3O/c1-9(8-17)16(2)12-6-5-11(14)13-10(12)4-3-7-15-13/h3-7,9,17H,8,14H2,1-2H3. The van der Waals surface area contributed by atoms with Crippen molar-refractivity contribution in [2.24, 2.45) is 0 Å². The Morgan fingerprint density at radius 2 is 2.18 bits per heavy atom. The summed E-state index contributed by atoms with van der Waals surface area (Å²) in [5.41, 5.74) is 8.42. The van der Waals surface area contributed by atoms with Crippen LogP contribution in [0.25, 0.3) is 10.9 Å². The zero-order valence-electron chi connectivity index (χ0n) is 10.1. The summed E-state index contributed by atoms with van der Waals surface area (Å²) in [4.78, 5) is 6.33. The van der Waals surface area contributed by atoms with Crippen LogP contribution in [-0.4, -0.2) is 29.8 Å². The summed E-state index contributed by atoms with van der Waals surface area (Å²) in [5.74, 6) is 0. The van der Waals surface area contributed by atoms with Crippen molar-refractivity contribution in [3.8, 4) is 0 Å². The lowest BCUT2D eigenvalue weighted by Gasteiger charge is -2.26. The smallest absolute Gasteiger partial charge is 0.0951 e. The SMILES string of the molecule is CC(CO)N(C)c1ccc(N)c2ncccc12. The summed E-state index contributed by atoms with van der Waals surface area (Å²) < 4.78 is 0. The van der Waals surface area contributed by atoms with Crippen LogP contribution in [0.3, 0.4) is 0 Å². The second-order valence-corrected chi connectivity index (χ2v) is 4.22. The summed E-state index contributed by atoms with van der Waals surface area (Å²) in [7, 11) is 1.96. The number of benzene rings is 1. The van der Waals surface area contributed by atoms with Gasteiger partial charge in [-0.1, -0.05) is 0 Å². The van der Waals surface area contributed by atoms with Crippen LogP contribution in [0, 0.1) is 0 Å². The Balaban J connectivity index is 2.59. The lowest BCUT2D eigenvalue weighted by molar-refractivity contribution is 0.270. The average molecular weight is 231 g/mol. The monoisotopic (exact) mass is 231 g/mol. The quantitative estimate of drug-likeness (QED) is 0.788. The van der Waals surface area contributed by atoms with Crippen molar-refractivity contribution in [2.45, 2.75) is 13.0 Å². The third-order valence-corrected chi connectivity index (χ3v) is 3.08. The lowest BCUT2D eigenvalue weighted by atomic mass is 10.1. The summed E-state index contributed by atoms with van der Waals surface area (Å²) >= 11 is 0. The number of rotatable bonds is 3. The zero-order valence-corrected chi connectivity index (χ0v) is 10.1. The molecule has 4 heteroatoms. The maximum atomic E-state index is 9.21. The van der Waals surface area contributed by atoms with E-state index in [0.29, 0.717) is 5.69 Å². The highest BCUT2D eigenvalue weighted by atomic mass is 16.3. The number of anilines is 2. The highest BCUT2D eigenvalue weighted by Gasteiger charge is 2.13. The molecule has 0 fully saturated rings. The topological polar surface area (TPSA) is 62.4 Å². The second kappa shape index (κ2) is 4.59. The van der Waals surface area contributed by atoms with Gasteiger partial charge in [-0.25, -0.2) is 0 Å². The number of fused-ring (bicyclic) bond motifs is 1. The zero-order chi connectivity index (χ0) is 12.4. The van der Waals surface area contributed by atoms with Gasteiger partial charge < -0.3 is 15.7 Å². The van der Waals surface area contributed by atoms with Gasteiger partial charge >= 0.3 is 0 Å². The molecular weight excluding hydrogens is 214 g/mol. The Kier molecular flexibility index (Phi) is 3.15. The van der Waals surface area contributed by atoms with E-state index in [2.05, 4.69) is 4.98 Å². The maximum absolute atomic E-state index is 9.21. The van der Waals surface area contributed by atoms with E-state index < -0.39 is 0 Å². The molecule has 0 bridgehead atoms. The van der Waals surface area contributed by atoms with E-state index >= 15 is 0 Å². The number of nitrogen functional groups attached to an aromatic ring is 1. The average Bonchev–Trinajstić information content (AvgIpc) is 2.38. The van der Waals surface area contributed by atoms with Crippen molar-refractivity contribution < 1.29 is 5.11 Å². The molecule has 0 aliphatic rings. The molecule has 1 heterocycles. The first-order valence-electron chi connectivity index (χ1n) is 5.62. The first-order valence-corrected chi connectivity index (χ1v) is 5.62. The van der Waals surface area contributed by atoms with Crippen molar-refractivity contribution >= 4 is 22.3 Å². The largest absolute Gasteiger partial charge is 0.397 e. The second-order valence-electron chi connectivity index (χ2n) is 4.22. The fourth-order valence-corrected chi connectivity index (χ4v) is 1.85.